The van der Waals surface area contributed by atoms with Crippen molar-refractivity contribution < 1.29 is 19.1 Å². The van der Waals surface area contributed by atoms with Gasteiger partial charge in [-0.05, 0) is 50.5 Å². The van der Waals surface area contributed by atoms with E-state index in [9.17, 15) is 9.59 Å². The predicted octanol–water partition coefficient (Wildman–Crippen LogP) is 4.61. The maximum absolute atomic E-state index is 13.0. The average Bonchev–Trinajstić information content (AvgIpc) is 3.24. The van der Waals surface area contributed by atoms with Crippen LogP contribution in [0.4, 0.5) is 5.13 Å². The van der Waals surface area contributed by atoms with Crippen molar-refractivity contribution in [1.82, 2.24) is 14.8 Å². The number of ketones is 1. The molecule has 10 heteroatoms. The van der Waals surface area contributed by atoms with Gasteiger partial charge in [-0.15, -0.1) is 10.2 Å². The third kappa shape index (κ3) is 4.56. The summed E-state index contributed by atoms with van der Waals surface area (Å²) in [7, 11) is 0. The molecule has 0 saturated heterocycles. The quantitative estimate of drug-likeness (QED) is 0.242. The fourth-order valence-corrected chi connectivity index (χ4v) is 5.89. The molecule has 34 heavy (non-hydrogen) atoms. The van der Waals surface area contributed by atoms with Gasteiger partial charge in [-0.25, -0.2) is 0 Å². The number of hydrogen-bond donors (Lipinski definition) is 0. The second-order valence-electron chi connectivity index (χ2n) is 8.47. The van der Waals surface area contributed by atoms with E-state index < -0.39 is 0 Å². The summed E-state index contributed by atoms with van der Waals surface area (Å²) in [5, 5.41) is 9.07. The number of anilines is 1. The van der Waals surface area contributed by atoms with Crippen LogP contribution in [0.5, 0.6) is 11.5 Å². The van der Waals surface area contributed by atoms with Crippen LogP contribution in [0.25, 0.3) is 0 Å². The minimum absolute atomic E-state index is 0.0514. The van der Waals surface area contributed by atoms with E-state index in [4.69, 9.17) is 9.47 Å². The minimum atomic E-state index is 0.0514. The van der Waals surface area contributed by atoms with Crippen LogP contribution in [0.1, 0.15) is 53.5 Å². The molecule has 1 aliphatic heterocycles. The number of rotatable bonds is 9. The smallest absolute Gasteiger partial charge is 0.231 e. The van der Waals surface area contributed by atoms with E-state index in [0.29, 0.717) is 22.4 Å². The van der Waals surface area contributed by atoms with Gasteiger partial charge in [0.25, 0.3) is 0 Å². The van der Waals surface area contributed by atoms with Gasteiger partial charge in [0.1, 0.15) is 0 Å². The number of amides is 1. The van der Waals surface area contributed by atoms with Gasteiger partial charge >= 0.3 is 0 Å². The van der Waals surface area contributed by atoms with Crippen LogP contribution in [-0.4, -0.2) is 45.0 Å². The van der Waals surface area contributed by atoms with Crippen molar-refractivity contribution in [3.8, 4) is 11.5 Å². The largest absolute Gasteiger partial charge is 0.454 e. The summed E-state index contributed by atoms with van der Waals surface area (Å²) in [5.74, 6) is 1.91. The fraction of sp³-hybridized carbons (Fsp3) is 0.417. The molecule has 3 aromatic rings. The Morgan fingerprint density at radius 2 is 1.97 bits per heavy atom. The summed E-state index contributed by atoms with van der Waals surface area (Å²) in [6.45, 7) is 6.75. The van der Waals surface area contributed by atoms with Crippen LogP contribution in [0.15, 0.2) is 28.6 Å². The molecule has 5 rings (SSSR count). The third-order valence-corrected chi connectivity index (χ3v) is 8.12. The number of nitrogens with zero attached hydrogens (tertiary/aromatic N) is 4. The van der Waals surface area contributed by atoms with Gasteiger partial charge in [-0.2, -0.15) is 0 Å². The highest BCUT2D eigenvalue weighted by Gasteiger charge is 2.35. The van der Waals surface area contributed by atoms with Crippen LogP contribution in [0.2, 0.25) is 0 Å². The molecule has 0 spiro atoms. The topological polar surface area (TPSA) is 86.6 Å². The number of carbonyl (C=O) groups excluding carboxylic acids is 2. The molecular formula is C24H26N4O4S2. The second kappa shape index (κ2) is 9.42. The Morgan fingerprint density at radius 1 is 1.18 bits per heavy atom. The lowest BCUT2D eigenvalue weighted by molar-refractivity contribution is -0.118. The second-order valence-corrected chi connectivity index (χ2v) is 10.6. The molecule has 0 bridgehead atoms. The Balaban J connectivity index is 1.25. The van der Waals surface area contributed by atoms with Crippen molar-refractivity contribution in [3.05, 3.63) is 46.8 Å². The van der Waals surface area contributed by atoms with Gasteiger partial charge in [0.15, 0.2) is 21.6 Å². The maximum Gasteiger partial charge on any atom is 0.231 e. The number of fused-ring (bicyclic) bond motifs is 1. The van der Waals surface area contributed by atoms with Gasteiger partial charge in [-0.3, -0.25) is 14.5 Å². The molecule has 1 fully saturated rings. The molecule has 1 aliphatic carbocycles. The number of thioether (sulfide) groups is 1. The molecule has 178 valence electrons. The van der Waals surface area contributed by atoms with Crippen molar-refractivity contribution in [2.24, 2.45) is 0 Å². The van der Waals surface area contributed by atoms with E-state index in [1.165, 1.54) is 23.1 Å². The molecule has 1 aromatic carbocycles. The minimum Gasteiger partial charge on any atom is -0.454 e. The summed E-state index contributed by atoms with van der Waals surface area (Å²) in [6.07, 6.45) is 2.46. The summed E-state index contributed by atoms with van der Waals surface area (Å²) >= 11 is 2.75. The number of aromatic nitrogens is 3. The first-order valence-electron chi connectivity index (χ1n) is 11.3. The van der Waals surface area contributed by atoms with E-state index in [0.717, 1.165) is 46.9 Å². The standard InChI is InChI=1S/C24H26N4O4S2/c1-4-22(30)28(17-6-7-17)23-25-26-24(34-23)33-12-19(29)18-9-14(2)27(15(18)3)11-16-5-8-20-21(10-16)32-13-31-20/h5,8-10,17H,4,6-7,11-13H2,1-3H3. The van der Waals surface area contributed by atoms with E-state index in [-0.39, 0.29) is 30.3 Å². The predicted molar refractivity (Wildman–Crippen MR) is 131 cm³/mol. The monoisotopic (exact) mass is 498 g/mol. The first-order valence-corrected chi connectivity index (χ1v) is 13.1. The van der Waals surface area contributed by atoms with Gasteiger partial charge in [0.2, 0.25) is 17.8 Å². The van der Waals surface area contributed by atoms with E-state index in [2.05, 4.69) is 14.8 Å². The number of benzene rings is 1. The van der Waals surface area contributed by atoms with Gasteiger partial charge in [-0.1, -0.05) is 36.1 Å². The molecule has 1 saturated carbocycles. The van der Waals surface area contributed by atoms with Crippen molar-refractivity contribution in [2.75, 3.05) is 17.4 Å². The highest BCUT2D eigenvalue weighted by Crippen LogP contribution is 2.36. The van der Waals surface area contributed by atoms with Crippen LogP contribution in [-0.2, 0) is 11.3 Å². The van der Waals surface area contributed by atoms with Crippen LogP contribution in [0.3, 0.4) is 0 Å². The Kier molecular flexibility index (Phi) is 6.35. The number of hydrogen-bond acceptors (Lipinski definition) is 8. The molecule has 0 atom stereocenters. The van der Waals surface area contributed by atoms with Crippen LogP contribution < -0.4 is 14.4 Å². The molecule has 3 heterocycles. The van der Waals surface area contributed by atoms with Crippen molar-refractivity contribution in [3.63, 3.8) is 0 Å². The molecule has 2 aliphatic rings. The Bertz CT molecular complexity index is 1250. The lowest BCUT2D eigenvalue weighted by Crippen LogP contribution is -2.32. The highest BCUT2D eigenvalue weighted by atomic mass is 32.2. The molecular weight excluding hydrogens is 472 g/mol. The summed E-state index contributed by atoms with van der Waals surface area (Å²) < 4.78 is 13.7. The Morgan fingerprint density at radius 3 is 2.74 bits per heavy atom. The summed E-state index contributed by atoms with van der Waals surface area (Å²) in [4.78, 5) is 27.1. The summed E-state index contributed by atoms with van der Waals surface area (Å²) in [6, 6.07) is 8.12. The molecule has 0 N–H and O–H groups in total. The van der Waals surface area contributed by atoms with Gasteiger partial charge in [0.05, 0.1) is 5.75 Å². The zero-order valence-electron chi connectivity index (χ0n) is 19.4. The first kappa shape index (κ1) is 22.9. The highest BCUT2D eigenvalue weighted by molar-refractivity contribution is 8.01. The fourth-order valence-electron chi connectivity index (χ4n) is 4.08. The zero-order valence-corrected chi connectivity index (χ0v) is 21.0. The van der Waals surface area contributed by atoms with Crippen LogP contribution >= 0.6 is 23.1 Å². The van der Waals surface area contributed by atoms with Gasteiger partial charge in [0, 0.05) is 36.0 Å². The number of Topliss-reactive ketones (excluding diaryl/α,β-unsaturated/α-hetero) is 1. The van der Waals surface area contributed by atoms with E-state index >= 15 is 0 Å². The number of ether oxygens (including phenoxy) is 2. The number of carbonyl (C=O) groups is 2. The lowest BCUT2D eigenvalue weighted by atomic mass is 10.1. The average molecular weight is 499 g/mol. The van der Waals surface area contributed by atoms with Crippen LogP contribution in [0, 0.1) is 13.8 Å². The normalized spacial score (nSPS) is 14.4. The Hall–Kier alpha value is -2.85. The van der Waals surface area contributed by atoms with E-state index in [1.807, 2.05) is 45.0 Å². The van der Waals surface area contributed by atoms with Crippen molar-refractivity contribution in [2.45, 2.75) is 57.0 Å². The van der Waals surface area contributed by atoms with E-state index in [1.54, 1.807) is 4.90 Å². The van der Waals surface area contributed by atoms with Crippen molar-refractivity contribution >= 4 is 39.9 Å². The molecule has 0 unspecified atom stereocenters. The maximum atomic E-state index is 13.0. The van der Waals surface area contributed by atoms with Crippen molar-refractivity contribution in [1.29, 1.82) is 0 Å². The first-order chi connectivity index (χ1) is 16.4. The molecule has 8 nitrogen and oxygen atoms in total. The third-order valence-electron chi connectivity index (χ3n) is 6.06. The Labute approximate surface area is 206 Å². The molecule has 1 amide bonds. The molecule has 0 radical (unpaired) electrons. The molecule has 2 aromatic heterocycles. The lowest BCUT2D eigenvalue weighted by Gasteiger charge is -2.17. The number of aryl methyl sites for hydroxylation is 1. The summed E-state index contributed by atoms with van der Waals surface area (Å²) in [5.41, 5.74) is 3.77. The van der Waals surface area contributed by atoms with Gasteiger partial charge < -0.3 is 14.0 Å². The zero-order chi connectivity index (χ0) is 23.8. The SMILES string of the molecule is CCC(=O)N(c1nnc(SCC(=O)c2cc(C)n(Cc3ccc4c(c3)OCO4)c2C)s1)C1CC1.